The lowest BCUT2D eigenvalue weighted by molar-refractivity contribution is -0.112. The third kappa shape index (κ3) is 4.67. The summed E-state index contributed by atoms with van der Waals surface area (Å²) in [5.41, 5.74) is 1.64. The molecule has 2 rings (SSSR count). The Morgan fingerprint density at radius 1 is 1.20 bits per heavy atom. The van der Waals surface area contributed by atoms with Gasteiger partial charge in [-0.25, -0.2) is 0 Å². The average Bonchev–Trinajstić information content (AvgIpc) is 2.55. The average molecular weight is 396 g/mol. The summed E-state index contributed by atoms with van der Waals surface area (Å²) < 4.78 is 5.22. The predicted molar refractivity (Wildman–Crippen MR) is 101 cm³/mol. The van der Waals surface area contributed by atoms with Crippen molar-refractivity contribution < 1.29 is 9.53 Å². The number of ether oxygens (including phenoxy) is 1. The maximum Gasteiger partial charge on any atom is 0.266 e. The highest BCUT2D eigenvalue weighted by molar-refractivity contribution is 6.36. The number of nitriles is 1. The zero-order chi connectivity index (χ0) is 18.6. The van der Waals surface area contributed by atoms with Crippen molar-refractivity contribution in [2.45, 2.75) is 6.92 Å². The molecular weight excluding hydrogens is 383 g/mol. The Labute approximate surface area is 160 Å². The van der Waals surface area contributed by atoms with Crippen LogP contribution < -0.4 is 10.1 Å². The zero-order valence-electron chi connectivity index (χ0n) is 13.4. The zero-order valence-corrected chi connectivity index (χ0v) is 15.6. The van der Waals surface area contributed by atoms with Crippen molar-refractivity contribution >= 4 is 52.5 Å². The van der Waals surface area contributed by atoms with Gasteiger partial charge in [0.2, 0.25) is 0 Å². The van der Waals surface area contributed by atoms with Gasteiger partial charge in [-0.1, -0.05) is 40.9 Å². The number of nitrogens with one attached hydrogen (secondary N) is 1. The van der Waals surface area contributed by atoms with Crippen molar-refractivity contribution in [2.24, 2.45) is 0 Å². The molecule has 2 aromatic rings. The molecule has 0 aliphatic carbocycles. The topological polar surface area (TPSA) is 62.1 Å². The highest BCUT2D eigenvalue weighted by Gasteiger charge is 2.14. The molecule has 0 bridgehead atoms. The maximum atomic E-state index is 12.4. The first-order valence-electron chi connectivity index (χ1n) is 7.08. The normalized spacial score (nSPS) is 11.0. The van der Waals surface area contributed by atoms with Gasteiger partial charge in [0.05, 0.1) is 12.1 Å². The summed E-state index contributed by atoms with van der Waals surface area (Å²) in [5, 5.41) is 13.1. The first-order chi connectivity index (χ1) is 11.8. The van der Waals surface area contributed by atoms with Crippen LogP contribution in [0.25, 0.3) is 6.08 Å². The maximum absolute atomic E-state index is 12.4. The van der Waals surface area contributed by atoms with Crippen molar-refractivity contribution in [2.75, 3.05) is 12.4 Å². The molecule has 0 heterocycles. The van der Waals surface area contributed by atoms with Crippen LogP contribution in [0.1, 0.15) is 11.1 Å². The number of hydrogen-bond acceptors (Lipinski definition) is 3. The lowest BCUT2D eigenvalue weighted by atomic mass is 10.1. The summed E-state index contributed by atoms with van der Waals surface area (Å²) in [4.78, 5) is 12.4. The van der Waals surface area contributed by atoms with E-state index in [2.05, 4.69) is 5.32 Å². The van der Waals surface area contributed by atoms with E-state index in [1.54, 1.807) is 24.3 Å². The van der Waals surface area contributed by atoms with E-state index >= 15 is 0 Å². The minimum Gasteiger partial charge on any atom is -0.495 e. The second kappa shape index (κ2) is 8.26. The largest absolute Gasteiger partial charge is 0.495 e. The van der Waals surface area contributed by atoms with E-state index < -0.39 is 5.91 Å². The van der Waals surface area contributed by atoms with Crippen LogP contribution in [-0.2, 0) is 4.79 Å². The molecule has 0 saturated heterocycles. The lowest BCUT2D eigenvalue weighted by Crippen LogP contribution is -2.14. The third-order valence-electron chi connectivity index (χ3n) is 3.35. The van der Waals surface area contributed by atoms with Crippen LogP contribution in [0.5, 0.6) is 5.75 Å². The van der Waals surface area contributed by atoms with Crippen LogP contribution in [0.4, 0.5) is 5.69 Å². The van der Waals surface area contributed by atoms with Crippen molar-refractivity contribution in [1.29, 1.82) is 5.26 Å². The molecule has 0 spiro atoms. The van der Waals surface area contributed by atoms with E-state index in [-0.39, 0.29) is 10.6 Å². The number of halogens is 3. The third-order valence-corrected chi connectivity index (χ3v) is 4.09. The number of carbonyl (C=O) groups is 1. The molecular formula is C18H13Cl3N2O2. The Morgan fingerprint density at radius 2 is 1.92 bits per heavy atom. The van der Waals surface area contributed by atoms with Crippen LogP contribution in [0, 0.1) is 18.3 Å². The number of nitrogens with zero attached hydrogens (tertiary/aromatic N) is 1. The van der Waals surface area contributed by atoms with Crippen molar-refractivity contribution in [1.82, 2.24) is 0 Å². The highest BCUT2D eigenvalue weighted by atomic mass is 35.5. The van der Waals surface area contributed by atoms with Gasteiger partial charge < -0.3 is 10.1 Å². The van der Waals surface area contributed by atoms with E-state index in [9.17, 15) is 10.1 Å². The molecule has 0 fully saturated rings. The number of rotatable bonds is 4. The van der Waals surface area contributed by atoms with Crippen molar-refractivity contribution in [3.05, 3.63) is 62.1 Å². The molecule has 0 saturated carbocycles. The second-order valence-electron chi connectivity index (χ2n) is 5.09. The molecule has 0 radical (unpaired) electrons. The van der Waals surface area contributed by atoms with Gasteiger partial charge in [-0.2, -0.15) is 5.26 Å². The number of methoxy groups -OCH3 is 1. The second-order valence-corrected chi connectivity index (χ2v) is 6.37. The highest BCUT2D eigenvalue weighted by Crippen LogP contribution is 2.33. The molecule has 0 atom stereocenters. The summed E-state index contributed by atoms with van der Waals surface area (Å²) in [6, 6.07) is 10.0. The van der Waals surface area contributed by atoms with Gasteiger partial charge in [0.1, 0.15) is 17.4 Å². The van der Waals surface area contributed by atoms with Gasteiger partial charge in [0.25, 0.3) is 5.91 Å². The van der Waals surface area contributed by atoms with Crippen molar-refractivity contribution in [3.63, 3.8) is 0 Å². The summed E-state index contributed by atoms with van der Waals surface area (Å²) in [6.07, 6.45) is 1.37. The number of carbonyl (C=O) groups excluding carboxylic acids is 1. The first kappa shape index (κ1) is 19.1. The van der Waals surface area contributed by atoms with E-state index in [1.165, 1.54) is 19.3 Å². The van der Waals surface area contributed by atoms with Gasteiger partial charge in [0, 0.05) is 21.3 Å². The minimum atomic E-state index is -0.578. The van der Waals surface area contributed by atoms with Crippen LogP contribution in [0.3, 0.4) is 0 Å². The molecule has 4 nitrogen and oxygen atoms in total. The number of anilines is 1. The molecule has 0 aliphatic heterocycles. The monoisotopic (exact) mass is 394 g/mol. The van der Waals surface area contributed by atoms with Gasteiger partial charge >= 0.3 is 0 Å². The van der Waals surface area contributed by atoms with Crippen molar-refractivity contribution in [3.8, 4) is 11.8 Å². The molecule has 25 heavy (non-hydrogen) atoms. The quantitative estimate of drug-likeness (QED) is 0.548. The Hall–Kier alpha value is -2.19. The van der Waals surface area contributed by atoms with E-state index in [4.69, 9.17) is 39.5 Å². The van der Waals surface area contributed by atoms with Crippen LogP contribution in [-0.4, -0.2) is 13.0 Å². The Balaban J connectivity index is 2.40. The van der Waals surface area contributed by atoms with Crippen LogP contribution in [0.2, 0.25) is 15.1 Å². The molecule has 0 unspecified atom stereocenters. The number of benzene rings is 2. The van der Waals surface area contributed by atoms with E-state index in [1.807, 2.05) is 13.0 Å². The molecule has 1 N–H and O–H groups in total. The predicted octanol–water partition coefficient (Wildman–Crippen LogP) is 5.51. The molecule has 7 heteroatoms. The van der Waals surface area contributed by atoms with E-state index in [0.717, 1.165) is 5.56 Å². The minimum absolute atomic E-state index is 0.129. The molecule has 0 aliphatic rings. The summed E-state index contributed by atoms with van der Waals surface area (Å²) in [7, 11) is 1.44. The Morgan fingerprint density at radius 3 is 2.56 bits per heavy atom. The fraction of sp³-hybridized carbons (Fsp3) is 0.111. The van der Waals surface area contributed by atoms with Gasteiger partial charge in [-0.3, -0.25) is 4.79 Å². The molecule has 2 aromatic carbocycles. The SMILES string of the molecule is COc1c(Cl)cc(Cl)cc1/C=C(\C#N)C(=O)Nc1cc(Cl)ccc1C. The van der Waals surface area contributed by atoms with Crippen LogP contribution >= 0.6 is 34.8 Å². The number of amides is 1. The lowest BCUT2D eigenvalue weighted by Gasteiger charge is -2.10. The van der Waals surface area contributed by atoms with Gasteiger partial charge in [-0.05, 0) is 42.8 Å². The Kier molecular flexibility index (Phi) is 6.33. The number of aryl methyl sites for hydroxylation is 1. The molecule has 1 amide bonds. The smallest absolute Gasteiger partial charge is 0.266 e. The summed E-state index contributed by atoms with van der Waals surface area (Å²) in [5.74, 6) is -0.253. The van der Waals surface area contributed by atoms with Crippen LogP contribution in [0.15, 0.2) is 35.9 Å². The van der Waals surface area contributed by atoms with Gasteiger partial charge in [0.15, 0.2) is 0 Å². The van der Waals surface area contributed by atoms with Gasteiger partial charge in [-0.15, -0.1) is 0 Å². The fourth-order valence-electron chi connectivity index (χ4n) is 2.13. The molecule has 128 valence electrons. The first-order valence-corrected chi connectivity index (χ1v) is 8.21. The fourth-order valence-corrected chi connectivity index (χ4v) is 2.88. The van der Waals surface area contributed by atoms with E-state index in [0.29, 0.717) is 27.0 Å². The molecule has 0 aromatic heterocycles. The number of hydrogen-bond donors (Lipinski definition) is 1. The summed E-state index contributed by atoms with van der Waals surface area (Å²) in [6.45, 7) is 1.82. The summed E-state index contributed by atoms with van der Waals surface area (Å²) >= 11 is 18.0. The standard InChI is InChI=1S/C18H13Cl3N2O2/c1-10-3-4-13(19)8-16(10)23-18(24)12(9-22)5-11-6-14(20)7-15(21)17(11)25-2/h3-8H,1-2H3,(H,23,24)/b12-5+. The Bertz CT molecular complexity index is 902.